The van der Waals surface area contributed by atoms with E-state index in [0.29, 0.717) is 0 Å². The summed E-state index contributed by atoms with van der Waals surface area (Å²) >= 11 is -3.61. The summed E-state index contributed by atoms with van der Waals surface area (Å²) in [6.45, 7) is 0. The van der Waals surface area contributed by atoms with Crippen LogP contribution in [0.25, 0.3) is 11.4 Å². The highest BCUT2D eigenvalue weighted by Gasteiger charge is 1.97. The monoisotopic (exact) mass is 248 g/mol. The lowest BCUT2D eigenvalue weighted by molar-refractivity contribution is 0.602. The van der Waals surface area contributed by atoms with Crippen molar-refractivity contribution < 1.29 is 16.4 Å². The minimum Gasteiger partial charge on any atom is -0.345 e. The van der Waals surface area contributed by atoms with Crippen molar-refractivity contribution in [2.45, 2.75) is 0 Å². The topological polar surface area (TPSA) is 45.8 Å². The van der Waals surface area contributed by atoms with E-state index in [2.05, 4.69) is 9.97 Å². The summed E-state index contributed by atoms with van der Waals surface area (Å²) in [6, 6.07) is 6.21. The SMILES string of the molecule is Fc1ccc(-c2ncc[nH]2)cc1.O=S(F)F. The van der Waals surface area contributed by atoms with Gasteiger partial charge in [0.2, 0.25) is 0 Å². The van der Waals surface area contributed by atoms with Gasteiger partial charge in [-0.25, -0.2) is 9.37 Å². The Morgan fingerprint density at radius 2 is 1.75 bits per heavy atom. The van der Waals surface area contributed by atoms with Crippen molar-refractivity contribution in [2.75, 3.05) is 0 Å². The Hall–Kier alpha value is -1.63. The summed E-state index contributed by atoms with van der Waals surface area (Å²) in [4.78, 5) is 6.98. The molecule has 0 fully saturated rings. The largest absolute Gasteiger partial charge is 0.385 e. The molecule has 0 radical (unpaired) electrons. The van der Waals surface area contributed by atoms with Crippen LogP contribution in [0.5, 0.6) is 0 Å². The predicted octanol–water partition coefficient (Wildman–Crippen LogP) is 2.72. The predicted molar refractivity (Wildman–Crippen MR) is 54.3 cm³/mol. The number of halogens is 3. The number of nitrogens with one attached hydrogen (secondary N) is 1. The number of nitrogens with zero attached hydrogens (tertiary/aromatic N) is 1. The molecule has 2 rings (SSSR count). The average molecular weight is 248 g/mol. The maximum atomic E-state index is 12.5. The van der Waals surface area contributed by atoms with Gasteiger partial charge >= 0.3 is 11.6 Å². The van der Waals surface area contributed by atoms with Gasteiger partial charge in [0, 0.05) is 18.0 Å². The van der Waals surface area contributed by atoms with Gasteiger partial charge in [-0.05, 0) is 24.3 Å². The number of H-pyrrole nitrogens is 1. The maximum Gasteiger partial charge on any atom is 0.385 e. The third kappa shape index (κ3) is 4.26. The minimum atomic E-state index is -3.61. The molecule has 1 heterocycles. The van der Waals surface area contributed by atoms with Crippen LogP contribution in [0.3, 0.4) is 0 Å². The van der Waals surface area contributed by atoms with E-state index >= 15 is 0 Å². The Kier molecular flexibility index (Phi) is 4.71. The normalized spacial score (nSPS) is 9.75. The van der Waals surface area contributed by atoms with E-state index < -0.39 is 11.6 Å². The fourth-order valence-electron chi connectivity index (χ4n) is 1.03. The molecule has 86 valence electrons. The summed E-state index contributed by atoms with van der Waals surface area (Å²) < 4.78 is 40.3. The van der Waals surface area contributed by atoms with Crippen molar-refractivity contribution in [3.8, 4) is 11.4 Å². The molecule has 1 N–H and O–H groups in total. The van der Waals surface area contributed by atoms with Gasteiger partial charge < -0.3 is 4.98 Å². The van der Waals surface area contributed by atoms with Crippen molar-refractivity contribution in [1.82, 2.24) is 9.97 Å². The molecule has 0 saturated heterocycles. The number of rotatable bonds is 1. The molecule has 0 aliphatic carbocycles. The van der Waals surface area contributed by atoms with Crippen LogP contribution in [-0.2, 0) is 11.6 Å². The van der Waals surface area contributed by atoms with Gasteiger partial charge in [-0.1, -0.05) is 7.77 Å². The highest BCUT2D eigenvalue weighted by Crippen LogP contribution is 2.13. The minimum absolute atomic E-state index is 0.231. The number of imidazole rings is 1. The third-order valence-electron chi connectivity index (χ3n) is 1.62. The summed E-state index contributed by atoms with van der Waals surface area (Å²) in [7, 11) is 0. The first-order chi connectivity index (χ1) is 7.59. The summed E-state index contributed by atoms with van der Waals surface area (Å²) in [5.74, 6) is 0.528. The Balaban J connectivity index is 0.000000280. The van der Waals surface area contributed by atoms with Gasteiger partial charge in [0.1, 0.15) is 11.6 Å². The van der Waals surface area contributed by atoms with Crippen LogP contribution in [0.4, 0.5) is 12.2 Å². The second-order valence-electron chi connectivity index (χ2n) is 2.63. The van der Waals surface area contributed by atoms with E-state index in [1.165, 1.54) is 12.1 Å². The zero-order valence-corrected chi connectivity index (χ0v) is 8.68. The van der Waals surface area contributed by atoms with Crippen molar-refractivity contribution in [2.24, 2.45) is 0 Å². The lowest BCUT2D eigenvalue weighted by Crippen LogP contribution is -1.80. The Bertz CT molecular complexity index is 440. The van der Waals surface area contributed by atoms with E-state index in [1.807, 2.05) is 0 Å². The molecule has 0 atom stereocenters. The molecule has 7 heteroatoms. The molecule has 0 bridgehead atoms. The molecule has 0 aliphatic heterocycles. The molecule has 0 unspecified atom stereocenters. The smallest absolute Gasteiger partial charge is 0.345 e. The number of benzene rings is 1. The Labute approximate surface area is 92.4 Å². The number of aromatic amines is 1. The van der Waals surface area contributed by atoms with Crippen LogP contribution in [0.1, 0.15) is 0 Å². The first-order valence-electron chi connectivity index (χ1n) is 4.09. The molecule has 0 amide bonds. The zero-order valence-electron chi connectivity index (χ0n) is 7.86. The van der Waals surface area contributed by atoms with Gasteiger partial charge in [-0.3, -0.25) is 0 Å². The molecule has 3 nitrogen and oxygen atoms in total. The van der Waals surface area contributed by atoms with E-state index in [1.54, 1.807) is 24.5 Å². The highest BCUT2D eigenvalue weighted by molar-refractivity contribution is 7.74. The molecule has 16 heavy (non-hydrogen) atoms. The molecule has 0 spiro atoms. The second kappa shape index (κ2) is 6.06. The third-order valence-corrected chi connectivity index (χ3v) is 1.62. The summed E-state index contributed by atoms with van der Waals surface area (Å²) in [6.07, 6.45) is 3.40. The van der Waals surface area contributed by atoms with Crippen LogP contribution in [-0.4, -0.2) is 14.2 Å². The number of hydrogen-bond acceptors (Lipinski definition) is 2. The highest BCUT2D eigenvalue weighted by atomic mass is 32.2. The van der Waals surface area contributed by atoms with E-state index in [4.69, 9.17) is 4.21 Å². The molecule has 0 aliphatic rings. The fourth-order valence-corrected chi connectivity index (χ4v) is 1.03. The first kappa shape index (κ1) is 12.4. The molecule has 0 saturated carbocycles. The molecule has 1 aromatic heterocycles. The van der Waals surface area contributed by atoms with Crippen molar-refractivity contribution in [3.63, 3.8) is 0 Å². The van der Waals surface area contributed by atoms with Crippen LogP contribution < -0.4 is 0 Å². The number of hydrogen-bond donors (Lipinski definition) is 1. The lowest BCUT2D eigenvalue weighted by atomic mass is 10.2. The van der Waals surface area contributed by atoms with Crippen molar-refractivity contribution >= 4 is 11.6 Å². The van der Waals surface area contributed by atoms with E-state index in [-0.39, 0.29) is 5.82 Å². The van der Waals surface area contributed by atoms with Gasteiger partial charge in [0.25, 0.3) is 0 Å². The van der Waals surface area contributed by atoms with E-state index in [0.717, 1.165) is 11.4 Å². The van der Waals surface area contributed by atoms with Crippen LogP contribution in [0, 0.1) is 5.82 Å². The second-order valence-corrected chi connectivity index (χ2v) is 3.00. The number of aromatic nitrogens is 2. The van der Waals surface area contributed by atoms with Crippen LogP contribution >= 0.6 is 0 Å². The van der Waals surface area contributed by atoms with Gasteiger partial charge in [-0.15, -0.1) is 0 Å². The standard InChI is InChI=1S/C9H7FN2.F2OS/c10-8-3-1-7(2-4-8)9-11-5-6-12-9;1-4(2)3/h1-6H,(H,11,12);. The van der Waals surface area contributed by atoms with E-state index in [9.17, 15) is 12.2 Å². The zero-order chi connectivity index (χ0) is 12.0. The van der Waals surface area contributed by atoms with Gasteiger partial charge in [0.05, 0.1) is 0 Å². The van der Waals surface area contributed by atoms with Crippen LogP contribution in [0.2, 0.25) is 0 Å². The lowest BCUT2D eigenvalue weighted by Gasteiger charge is -1.94. The maximum absolute atomic E-state index is 12.5. The van der Waals surface area contributed by atoms with Crippen molar-refractivity contribution in [1.29, 1.82) is 0 Å². The average Bonchev–Trinajstić information content (AvgIpc) is 2.71. The van der Waals surface area contributed by atoms with Gasteiger partial charge in [-0.2, -0.15) is 4.21 Å². The van der Waals surface area contributed by atoms with Gasteiger partial charge in [0.15, 0.2) is 0 Å². The first-order valence-corrected chi connectivity index (χ1v) is 5.04. The van der Waals surface area contributed by atoms with Crippen LogP contribution in [0.15, 0.2) is 36.7 Å². The summed E-state index contributed by atoms with van der Waals surface area (Å²) in [5.41, 5.74) is 0.890. The molecule has 1 aromatic carbocycles. The van der Waals surface area contributed by atoms with Crippen molar-refractivity contribution in [3.05, 3.63) is 42.5 Å². The molecular weight excluding hydrogens is 241 g/mol. The molecular formula is C9H7F3N2OS. The Morgan fingerprint density at radius 1 is 1.19 bits per heavy atom. The quantitative estimate of drug-likeness (QED) is 0.789. The summed E-state index contributed by atoms with van der Waals surface area (Å²) in [5, 5.41) is 0. The fraction of sp³-hybridized carbons (Fsp3) is 0. The molecule has 2 aromatic rings. The Morgan fingerprint density at radius 3 is 2.19 bits per heavy atom.